The molecule has 0 spiro atoms. The van der Waals surface area contributed by atoms with Gasteiger partial charge in [0.15, 0.2) is 0 Å². The van der Waals surface area contributed by atoms with Gasteiger partial charge in [0.1, 0.15) is 5.78 Å². The number of rotatable bonds is 8. The zero-order valence-corrected chi connectivity index (χ0v) is 14.4. The third-order valence-corrected chi connectivity index (χ3v) is 5.16. The van der Waals surface area contributed by atoms with Gasteiger partial charge in [-0.3, -0.25) is 4.79 Å². The second-order valence-corrected chi connectivity index (χ2v) is 7.01. The average molecular weight is 300 g/mol. The number of aryl methyl sites for hydroxylation is 1. The van der Waals surface area contributed by atoms with Gasteiger partial charge in [0.2, 0.25) is 0 Å². The first-order valence-electron chi connectivity index (χ1n) is 9.36. The first kappa shape index (κ1) is 17.2. The van der Waals surface area contributed by atoms with Gasteiger partial charge in [-0.2, -0.15) is 0 Å². The van der Waals surface area contributed by atoms with E-state index in [-0.39, 0.29) is 5.92 Å². The van der Waals surface area contributed by atoms with E-state index in [0.29, 0.717) is 11.7 Å². The summed E-state index contributed by atoms with van der Waals surface area (Å²) >= 11 is 0. The number of hydrogen-bond donors (Lipinski definition) is 0. The van der Waals surface area contributed by atoms with Crippen molar-refractivity contribution in [2.45, 2.75) is 84.0 Å². The highest BCUT2D eigenvalue weighted by Gasteiger charge is 2.29. The summed E-state index contributed by atoms with van der Waals surface area (Å²) < 4.78 is 0. The smallest absolute Gasteiger partial charge is 0.140 e. The molecule has 0 radical (unpaired) electrons. The second-order valence-electron chi connectivity index (χ2n) is 7.01. The molecule has 2 atom stereocenters. The number of unbranched alkanes of at least 4 members (excludes halogenated alkanes) is 3. The largest absolute Gasteiger partial charge is 0.299 e. The van der Waals surface area contributed by atoms with Gasteiger partial charge < -0.3 is 0 Å². The molecule has 2 rings (SSSR count). The third-order valence-electron chi connectivity index (χ3n) is 5.16. The number of Topliss-reactive ketones (excluding diaryl/α,β-unsaturated/α-hetero) is 1. The molecule has 122 valence electrons. The van der Waals surface area contributed by atoms with Gasteiger partial charge in [-0.15, -0.1) is 0 Å². The van der Waals surface area contributed by atoms with Crippen LogP contribution in [0.3, 0.4) is 0 Å². The van der Waals surface area contributed by atoms with Crippen LogP contribution in [0.15, 0.2) is 24.3 Å². The molecule has 22 heavy (non-hydrogen) atoms. The molecule has 0 aromatic heterocycles. The maximum absolute atomic E-state index is 12.5. The number of ketones is 1. The van der Waals surface area contributed by atoms with E-state index in [0.717, 1.165) is 12.8 Å². The molecule has 0 heterocycles. The van der Waals surface area contributed by atoms with Crippen molar-refractivity contribution in [3.63, 3.8) is 0 Å². The predicted molar refractivity (Wildman–Crippen MR) is 94.3 cm³/mol. The van der Waals surface area contributed by atoms with E-state index in [2.05, 4.69) is 38.1 Å². The minimum Gasteiger partial charge on any atom is -0.299 e. The first-order chi connectivity index (χ1) is 10.7. The highest BCUT2D eigenvalue weighted by atomic mass is 16.1. The van der Waals surface area contributed by atoms with Gasteiger partial charge in [0, 0.05) is 12.3 Å². The third kappa shape index (κ3) is 4.97. The van der Waals surface area contributed by atoms with Crippen LogP contribution in [0.1, 0.15) is 88.7 Å². The topological polar surface area (TPSA) is 17.1 Å². The predicted octanol–water partition coefficient (Wildman–Crippen LogP) is 6.06. The van der Waals surface area contributed by atoms with Crippen LogP contribution in [0.5, 0.6) is 0 Å². The Hall–Kier alpha value is -1.11. The Balaban J connectivity index is 1.88. The average Bonchev–Trinajstić information content (AvgIpc) is 2.54. The number of benzene rings is 1. The van der Waals surface area contributed by atoms with E-state index in [9.17, 15) is 4.79 Å². The van der Waals surface area contributed by atoms with Crippen molar-refractivity contribution in [2.24, 2.45) is 5.92 Å². The molecule has 1 saturated carbocycles. The molecule has 1 aromatic rings. The molecule has 0 N–H and O–H groups in total. The fourth-order valence-corrected chi connectivity index (χ4v) is 3.68. The Morgan fingerprint density at radius 1 is 0.955 bits per heavy atom. The molecule has 0 amide bonds. The van der Waals surface area contributed by atoms with Crippen molar-refractivity contribution in [3.05, 3.63) is 35.4 Å². The fourth-order valence-electron chi connectivity index (χ4n) is 3.68. The van der Waals surface area contributed by atoms with Crippen LogP contribution in [0.4, 0.5) is 0 Å². The van der Waals surface area contributed by atoms with E-state index < -0.39 is 0 Å². The molecule has 1 aromatic carbocycles. The maximum Gasteiger partial charge on any atom is 0.140 e. The Labute approximate surface area is 136 Å². The maximum atomic E-state index is 12.5. The number of carbonyl (C=O) groups excluding carboxylic acids is 1. The lowest BCUT2D eigenvalue weighted by molar-refractivity contribution is -0.123. The molecule has 0 unspecified atom stereocenters. The van der Waals surface area contributed by atoms with Crippen LogP contribution < -0.4 is 0 Å². The van der Waals surface area contributed by atoms with Crippen molar-refractivity contribution in [1.29, 1.82) is 0 Å². The van der Waals surface area contributed by atoms with Crippen molar-refractivity contribution >= 4 is 5.78 Å². The molecule has 1 aliphatic carbocycles. The second kappa shape index (κ2) is 9.12. The summed E-state index contributed by atoms with van der Waals surface area (Å²) in [5.41, 5.74) is 2.67. The summed E-state index contributed by atoms with van der Waals surface area (Å²) in [4.78, 5) is 12.5. The number of carbonyl (C=O) groups is 1. The quantitative estimate of drug-likeness (QED) is 0.533. The summed E-state index contributed by atoms with van der Waals surface area (Å²) in [6.45, 7) is 4.47. The van der Waals surface area contributed by atoms with E-state index >= 15 is 0 Å². The summed E-state index contributed by atoms with van der Waals surface area (Å²) in [6.07, 6.45) is 11.9. The van der Waals surface area contributed by atoms with Crippen molar-refractivity contribution in [2.75, 3.05) is 0 Å². The molecule has 1 aliphatic rings. The molecule has 1 fully saturated rings. The van der Waals surface area contributed by atoms with Gasteiger partial charge in [-0.25, -0.2) is 0 Å². The van der Waals surface area contributed by atoms with Crippen LogP contribution in [0, 0.1) is 5.92 Å². The molecular formula is C21H32O. The van der Waals surface area contributed by atoms with E-state index in [1.165, 1.54) is 62.5 Å². The van der Waals surface area contributed by atoms with Crippen LogP contribution >= 0.6 is 0 Å². The normalized spacial score (nSPS) is 22.0. The molecule has 1 heteroatoms. The van der Waals surface area contributed by atoms with Crippen molar-refractivity contribution in [1.82, 2.24) is 0 Å². The molecule has 1 nitrogen and oxygen atoms in total. The molecule has 0 saturated heterocycles. The van der Waals surface area contributed by atoms with Crippen molar-refractivity contribution < 1.29 is 4.79 Å². The SMILES string of the molecule is CCCCCc1ccc([C@H]2CC[C@H](CCCC)CC2=O)cc1. The Kier molecular flexibility index (Phi) is 7.15. The van der Waals surface area contributed by atoms with Crippen LogP contribution in [-0.4, -0.2) is 5.78 Å². The Morgan fingerprint density at radius 3 is 2.32 bits per heavy atom. The summed E-state index contributed by atoms with van der Waals surface area (Å²) in [6, 6.07) is 8.88. The molecule has 0 bridgehead atoms. The van der Waals surface area contributed by atoms with Crippen LogP contribution in [-0.2, 0) is 11.2 Å². The van der Waals surface area contributed by atoms with Gasteiger partial charge in [0.25, 0.3) is 0 Å². The minimum absolute atomic E-state index is 0.169. The highest BCUT2D eigenvalue weighted by molar-refractivity contribution is 5.86. The first-order valence-corrected chi connectivity index (χ1v) is 9.36. The lowest BCUT2D eigenvalue weighted by Gasteiger charge is -2.27. The lowest BCUT2D eigenvalue weighted by atomic mass is 9.76. The van der Waals surface area contributed by atoms with Gasteiger partial charge >= 0.3 is 0 Å². The van der Waals surface area contributed by atoms with E-state index in [1.54, 1.807) is 0 Å². The highest BCUT2D eigenvalue weighted by Crippen LogP contribution is 2.35. The standard InChI is InChI=1S/C21H32O/c1-3-5-7-9-17-10-13-19(14-11-17)20-15-12-18(8-6-4-2)16-21(20)22/h10-11,13-14,18,20H,3-9,12,15-16H2,1-2H3/t18-,20+/m0/s1. The lowest BCUT2D eigenvalue weighted by Crippen LogP contribution is -2.23. The fraction of sp³-hybridized carbons (Fsp3) is 0.667. The van der Waals surface area contributed by atoms with Crippen LogP contribution in [0.2, 0.25) is 0 Å². The van der Waals surface area contributed by atoms with Gasteiger partial charge in [0.05, 0.1) is 0 Å². The van der Waals surface area contributed by atoms with Crippen LogP contribution in [0.25, 0.3) is 0 Å². The van der Waals surface area contributed by atoms with E-state index in [4.69, 9.17) is 0 Å². The molecule has 0 aliphatic heterocycles. The Bertz CT molecular complexity index is 445. The summed E-state index contributed by atoms with van der Waals surface area (Å²) in [7, 11) is 0. The number of hydrogen-bond acceptors (Lipinski definition) is 1. The zero-order valence-electron chi connectivity index (χ0n) is 14.4. The zero-order chi connectivity index (χ0) is 15.8. The summed E-state index contributed by atoms with van der Waals surface area (Å²) in [5.74, 6) is 1.30. The van der Waals surface area contributed by atoms with Gasteiger partial charge in [-0.05, 0) is 42.7 Å². The van der Waals surface area contributed by atoms with E-state index in [1.807, 2.05) is 0 Å². The minimum atomic E-state index is 0.169. The molecular weight excluding hydrogens is 268 g/mol. The van der Waals surface area contributed by atoms with Gasteiger partial charge in [-0.1, -0.05) is 70.2 Å². The monoisotopic (exact) mass is 300 g/mol. The summed E-state index contributed by atoms with van der Waals surface area (Å²) in [5, 5.41) is 0. The Morgan fingerprint density at radius 2 is 1.68 bits per heavy atom. The van der Waals surface area contributed by atoms with Crippen molar-refractivity contribution in [3.8, 4) is 0 Å².